The van der Waals surface area contributed by atoms with Gasteiger partial charge in [0.2, 0.25) is 0 Å². The van der Waals surface area contributed by atoms with E-state index < -0.39 is 5.60 Å². The molecular formula is C26H44O3. The van der Waals surface area contributed by atoms with Crippen molar-refractivity contribution < 1.29 is 14.3 Å². The van der Waals surface area contributed by atoms with Crippen LogP contribution in [0.5, 0.6) is 5.75 Å². The third kappa shape index (κ3) is 15.8. The van der Waals surface area contributed by atoms with Crippen LogP contribution in [0.1, 0.15) is 109 Å². The summed E-state index contributed by atoms with van der Waals surface area (Å²) >= 11 is 0. The van der Waals surface area contributed by atoms with Crippen LogP contribution in [-0.2, 0) is 4.74 Å². The molecule has 1 aromatic carbocycles. The van der Waals surface area contributed by atoms with Gasteiger partial charge in [0.05, 0.1) is 12.2 Å². The predicted octanol–water partition coefficient (Wildman–Crippen LogP) is 8.13. The number of carbonyl (C=O) groups is 1. The van der Waals surface area contributed by atoms with Gasteiger partial charge in [0.15, 0.2) is 0 Å². The van der Waals surface area contributed by atoms with E-state index >= 15 is 0 Å². The Labute approximate surface area is 179 Å². The van der Waals surface area contributed by atoms with Crippen molar-refractivity contribution in [1.29, 1.82) is 0 Å². The number of ether oxygens (including phenoxy) is 2. The first-order valence-corrected chi connectivity index (χ1v) is 11.5. The fourth-order valence-electron chi connectivity index (χ4n) is 2.84. The van der Waals surface area contributed by atoms with Crippen molar-refractivity contribution >= 4 is 5.97 Å². The van der Waals surface area contributed by atoms with Gasteiger partial charge in [-0.1, -0.05) is 64.9 Å². The Morgan fingerprint density at radius 3 is 1.83 bits per heavy atom. The third-order valence-corrected chi connectivity index (χ3v) is 4.31. The van der Waals surface area contributed by atoms with Crippen molar-refractivity contribution in [2.45, 2.75) is 104 Å². The lowest BCUT2D eigenvalue weighted by Crippen LogP contribution is -2.23. The van der Waals surface area contributed by atoms with Crippen molar-refractivity contribution in [3.63, 3.8) is 0 Å². The molecule has 0 spiro atoms. The molecule has 0 aromatic heterocycles. The standard InChI is InChI=1S/C24H38O3.C2H6/c1-5-6-7-8-9-10-11-12-13-14-15-20-26-22-18-16-21(17-19-22)23(25)27-24(2,3)4;1-2/h5,16-19H,1,6-15,20H2,2-4H3;1-2H3. The second-order valence-electron chi connectivity index (χ2n) is 8.13. The van der Waals surface area contributed by atoms with E-state index in [9.17, 15) is 4.79 Å². The normalized spacial score (nSPS) is 10.7. The smallest absolute Gasteiger partial charge is 0.338 e. The van der Waals surface area contributed by atoms with Crippen molar-refractivity contribution in [2.75, 3.05) is 6.61 Å². The molecule has 0 unspecified atom stereocenters. The van der Waals surface area contributed by atoms with E-state index in [0.29, 0.717) is 5.56 Å². The average molecular weight is 405 g/mol. The fraction of sp³-hybridized carbons (Fsp3) is 0.654. The first kappa shape index (κ1) is 27.2. The van der Waals surface area contributed by atoms with Gasteiger partial charge in [-0.25, -0.2) is 4.79 Å². The van der Waals surface area contributed by atoms with Gasteiger partial charge in [0.1, 0.15) is 11.4 Å². The first-order valence-electron chi connectivity index (χ1n) is 11.5. The Hall–Kier alpha value is -1.77. The summed E-state index contributed by atoms with van der Waals surface area (Å²) in [5.74, 6) is 0.511. The Morgan fingerprint density at radius 1 is 0.862 bits per heavy atom. The molecule has 3 heteroatoms. The minimum Gasteiger partial charge on any atom is -0.494 e. The maximum Gasteiger partial charge on any atom is 0.338 e. The molecule has 0 saturated carbocycles. The largest absolute Gasteiger partial charge is 0.494 e. The molecule has 0 atom stereocenters. The maximum absolute atomic E-state index is 12.0. The molecule has 0 bridgehead atoms. The number of hydrogen-bond acceptors (Lipinski definition) is 3. The molecule has 0 aliphatic carbocycles. The van der Waals surface area contributed by atoms with Crippen molar-refractivity contribution in [3.8, 4) is 5.75 Å². The van der Waals surface area contributed by atoms with Crippen LogP contribution >= 0.6 is 0 Å². The van der Waals surface area contributed by atoms with Gasteiger partial charge in [-0.15, -0.1) is 6.58 Å². The van der Waals surface area contributed by atoms with E-state index in [1.54, 1.807) is 12.1 Å². The van der Waals surface area contributed by atoms with Crippen LogP contribution in [0.25, 0.3) is 0 Å². The number of rotatable bonds is 14. The van der Waals surface area contributed by atoms with Gasteiger partial charge in [0.25, 0.3) is 0 Å². The number of carbonyl (C=O) groups excluding carboxylic acids is 1. The second-order valence-corrected chi connectivity index (χ2v) is 8.13. The minimum absolute atomic E-state index is 0.297. The SMILES string of the molecule is C=CCCCCCCCCCCCOc1ccc(C(=O)OC(C)(C)C)cc1.CC. The van der Waals surface area contributed by atoms with Gasteiger partial charge < -0.3 is 9.47 Å². The Bertz CT molecular complexity index is 526. The third-order valence-electron chi connectivity index (χ3n) is 4.31. The molecule has 0 aliphatic rings. The summed E-state index contributed by atoms with van der Waals surface area (Å²) in [5.41, 5.74) is 0.0827. The summed E-state index contributed by atoms with van der Waals surface area (Å²) in [6.45, 7) is 14.1. The highest BCUT2D eigenvalue weighted by Crippen LogP contribution is 2.17. The van der Waals surface area contributed by atoms with Gasteiger partial charge in [-0.3, -0.25) is 0 Å². The van der Waals surface area contributed by atoms with Gasteiger partial charge in [-0.2, -0.15) is 0 Å². The highest BCUT2D eigenvalue weighted by atomic mass is 16.6. The van der Waals surface area contributed by atoms with Crippen LogP contribution in [0.15, 0.2) is 36.9 Å². The number of hydrogen-bond donors (Lipinski definition) is 0. The molecule has 0 heterocycles. The van der Waals surface area contributed by atoms with Crippen molar-refractivity contribution in [1.82, 2.24) is 0 Å². The molecule has 3 nitrogen and oxygen atoms in total. The lowest BCUT2D eigenvalue weighted by atomic mass is 10.1. The summed E-state index contributed by atoms with van der Waals surface area (Å²) < 4.78 is 11.1. The molecule has 0 fully saturated rings. The minimum atomic E-state index is -0.474. The number of allylic oxidation sites excluding steroid dienone is 1. The summed E-state index contributed by atoms with van der Waals surface area (Å²) in [4.78, 5) is 12.0. The van der Waals surface area contributed by atoms with E-state index in [4.69, 9.17) is 9.47 Å². The molecule has 1 rings (SSSR count). The second kappa shape index (κ2) is 17.1. The van der Waals surface area contributed by atoms with Crippen molar-refractivity contribution in [2.24, 2.45) is 0 Å². The Balaban J connectivity index is 0.00000379. The Kier molecular flexibility index (Phi) is 16.1. The van der Waals surface area contributed by atoms with Crippen LogP contribution in [0.3, 0.4) is 0 Å². The van der Waals surface area contributed by atoms with Crippen LogP contribution < -0.4 is 4.74 Å². The van der Waals surface area contributed by atoms with Crippen LogP contribution in [0, 0.1) is 0 Å². The van der Waals surface area contributed by atoms with E-state index in [-0.39, 0.29) is 5.97 Å². The first-order chi connectivity index (χ1) is 13.9. The number of unbranched alkanes of at least 4 members (excludes halogenated alkanes) is 9. The Morgan fingerprint density at radius 2 is 1.34 bits per heavy atom. The van der Waals surface area contributed by atoms with Crippen molar-refractivity contribution in [3.05, 3.63) is 42.5 Å². The van der Waals surface area contributed by atoms with Crippen LogP contribution in [0.2, 0.25) is 0 Å². The maximum atomic E-state index is 12.0. The van der Waals surface area contributed by atoms with Crippen LogP contribution in [0.4, 0.5) is 0 Å². The monoisotopic (exact) mass is 404 g/mol. The highest BCUT2D eigenvalue weighted by molar-refractivity contribution is 5.89. The lowest BCUT2D eigenvalue weighted by molar-refractivity contribution is 0.00695. The van der Waals surface area contributed by atoms with E-state index in [1.807, 2.05) is 52.8 Å². The zero-order valence-electron chi connectivity index (χ0n) is 19.6. The summed E-state index contributed by atoms with van der Waals surface area (Å²) in [6, 6.07) is 7.20. The molecule has 0 aliphatic heterocycles. The van der Waals surface area contributed by atoms with E-state index in [1.165, 1.54) is 51.4 Å². The molecule has 0 amide bonds. The van der Waals surface area contributed by atoms with E-state index in [2.05, 4.69) is 6.58 Å². The molecule has 0 radical (unpaired) electrons. The van der Waals surface area contributed by atoms with Gasteiger partial charge in [0, 0.05) is 0 Å². The van der Waals surface area contributed by atoms with Gasteiger partial charge in [-0.05, 0) is 64.3 Å². The topological polar surface area (TPSA) is 35.5 Å². The molecule has 0 saturated heterocycles. The number of benzene rings is 1. The van der Waals surface area contributed by atoms with Crippen LogP contribution in [-0.4, -0.2) is 18.2 Å². The quantitative estimate of drug-likeness (QED) is 0.178. The fourth-order valence-corrected chi connectivity index (χ4v) is 2.84. The van der Waals surface area contributed by atoms with Gasteiger partial charge >= 0.3 is 5.97 Å². The molecule has 1 aromatic rings. The summed E-state index contributed by atoms with van der Waals surface area (Å²) in [7, 11) is 0. The zero-order valence-corrected chi connectivity index (χ0v) is 19.6. The molecule has 29 heavy (non-hydrogen) atoms. The summed E-state index contributed by atoms with van der Waals surface area (Å²) in [5, 5.41) is 0. The average Bonchev–Trinajstić information content (AvgIpc) is 2.69. The molecule has 166 valence electrons. The number of esters is 1. The zero-order chi connectivity index (χ0) is 22.0. The predicted molar refractivity (Wildman–Crippen MR) is 125 cm³/mol. The van der Waals surface area contributed by atoms with E-state index in [0.717, 1.165) is 25.2 Å². The highest BCUT2D eigenvalue weighted by Gasteiger charge is 2.17. The molecular weight excluding hydrogens is 360 g/mol. The summed E-state index contributed by atoms with van der Waals surface area (Å²) in [6.07, 6.45) is 14.8. The molecule has 0 N–H and O–H groups in total. The lowest BCUT2D eigenvalue weighted by Gasteiger charge is -2.19.